The maximum absolute atomic E-state index is 12.6. The molecule has 27 heavy (non-hydrogen) atoms. The number of rotatable bonds is 6. The summed E-state index contributed by atoms with van der Waals surface area (Å²) in [7, 11) is 1.56. The standard InChI is InChI=1S/C19H16F3N3O2/c1-26-15-5-2-6-16(10-15)27-18-13(4-3-9-23-18)11-24-17-8-7-14(12-25-17)19(20,21)22/h2-10,12H,11H2,1H3,(H,24,25). The summed E-state index contributed by atoms with van der Waals surface area (Å²) in [4.78, 5) is 8.00. The van der Waals surface area contributed by atoms with Crippen molar-refractivity contribution in [2.24, 2.45) is 0 Å². The number of alkyl halides is 3. The monoisotopic (exact) mass is 375 g/mol. The molecule has 0 saturated heterocycles. The maximum Gasteiger partial charge on any atom is 0.417 e. The van der Waals surface area contributed by atoms with Crippen LogP contribution in [0, 0.1) is 0 Å². The van der Waals surface area contributed by atoms with E-state index < -0.39 is 11.7 Å². The fourth-order valence-electron chi connectivity index (χ4n) is 2.28. The van der Waals surface area contributed by atoms with Crippen molar-refractivity contribution in [1.82, 2.24) is 9.97 Å². The summed E-state index contributed by atoms with van der Waals surface area (Å²) < 4.78 is 48.7. The Morgan fingerprint density at radius 1 is 1.00 bits per heavy atom. The molecule has 5 nitrogen and oxygen atoms in total. The number of pyridine rings is 2. The van der Waals surface area contributed by atoms with E-state index in [4.69, 9.17) is 9.47 Å². The number of benzene rings is 1. The number of nitrogens with one attached hydrogen (secondary N) is 1. The molecule has 0 fully saturated rings. The van der Waals surface area contributed by atoms with Crippen LogP contribution >= 0.6 is 0 Å². The van der Waals surface area contributed by atoms with Gasteiger partial charge in [-0.25, -0.2) is 9.97 Å². The van der Waals surface area contributed by atoms with Gasteiger partial charge in [-0.3, -0.25) is 0 Å². The Kier molecular flexibility index (Phi) is 5.44. The van der Waals surface area contributed by atoms with E-state index in [2.05, 4.69) is 15.3 Å². The van der Waals surface area contributed by atoms with Crippen LogP contribution in [0.15, 0.2) is 60.9 Å². The molecule has 0 amide bonds. The SMILES string of the molecule is COc1cccc(Oc2ncccc2CNc2ccc(C(F)(F)F)cn2)c1. The molecule has 3 rings (SSSR count). The molecule has 0 aliphatic rings. The first-order valence-electron chi connectivity index (χ1n) is 7.98. The highest BCUT2D eigenvalue weighted by Crippen LogP contribution is 2.29. The molecule has 140 valence electrons. The van der Waals surface area contributed by atoms with Gasteiger partial charge in [-0.2, -0.15) is 13.2 Å². The summed E-state index contributed by atoms with van der Waals surface area (Å²) in [6.45, 7) is 0.283. The van der Waals surface area contributed by atoms with Crippen LogP contribution < -0.4 is 14.8 Å². The molecule has 0 aliphatic carbocycles. The van der Waals surface area contributed by atoms with Crippen LogP contribution in [-0.4, -0.2) is 17.1 Å². The molecule has 3 aromatic rings. The number of ether oxygens (including phenoxy) is 2. The van der Waals surface area contributed by atoms with Gasteiger partial charge in [0.2, 0.25) is 5.88 Å². The van der Waals surface area contributed by atoms with Crippen molar-refractivity contribution in [3.05, 3.63) is 72.1 Å². The zero-order chi connectivity index (χ0) is 19.3. The predicted octanol–water partition coefficient (Wildman–Crippen LogP) is 4.91. The first kappa shape index (κ1) is 18.5. The van der Waals surface area contributed by atoms with Crippen molar-refractivity contribution in [2.45, 2.75) is 12.7 Å². The molecular weight excluding hydrogens is 359 g/mol. The first-order chi connectivity index (χ1) is 13.0. The summed E-state index contributed by atoms with van der Waals surface area (Å²) >= 11 is 0. The van der Waals surface area contributed by atoms with Gasteiger partial charge in [0.25, 0.3) is 0 Å². The van der Waals surface area contributed by atoms with Gasteiger partial charge in [0, 0.05) is 30.6 Å². The highest BCUT2D eigenvalue weighted by atomic mass is 19.4. The quantitative estimate of drug-likeness (QED) is 0.664. The van der Waals surface area contributed by atoms with Crippen LogP contribution in [0.5, 0.6) is 17.4 Å². The Bertz CT molecular complexity index is 899. The van der Waals surface area contributed by atoms with Crippen LogP contribution in [0.25, 0.3) is 0 Å². The van der Waals surface area contributed by atoms with E-state index in [1.807, 2.05) is 0 Å². The largest absolute Gasteiger partial charge is 0.497 e. The fourth-order valence-corrected chi connectivity index (χ4v) is 2.28. The number of halogens is 3. The predicted molar refractivity (Wildman–Crippen MR) is 93.9 cm³/mol. The smallest absolute Gasteiger partial charge is 0.417 e. The summed E-state index contributed by atoms with van der Waals surface area (Å²) in [5, 5.41) is 2.97. The van der Waals surface area contributed by atoms with Crippen molar-refractivity contribution < 1.29 is 22.6 Å². The molecule has 0 bridgehead atoms. The van der Waals surface area contributed by atoms with Crippen molar-refractivity contribution in [3.63, 3.8) is 0 Å². The van der Waals surface area contributed by atoms with Gasteiger partial charge >= 0.3 is 6.18 Å². The summed E-state index contributed by atoms with van der Waals surface area (Å²) in [5.74, 6) is 1.91. The van der Waals surface area contributed by atoms with Gasteiger partial charge in [0.1, 0.15) is 17.3 Å². The van der Waals surface area contributed by atoms with Gasteiger partial charge in [0.05, 0.1) is 12.7 Å². The summed E-state index contributed by atoms with van der Waals surface area (Å²) in [6, 6.07) is 12.9. The van der Waals surface area contributed by atoms with Crippen LogP contribution in [-0.2, 0) is 12.7 Å². The fraction of sp³-hybridized carbons (Fsp3) is 0.158. The minimum atomic E-state index is -4.41. The van der Waals surface area contributed by atoms with Crippen molar-refractivity contribution in [2.75, 3.05) is 12.4 Å². The van der Waals surface area contributed by atoms with Gasteiger partial charge in [-0.1, -0.05) is 12.1 Å². The normalized spacial score (nSPS) is 11.1. The molecule has 8 heteroatoms. The second-order valence-electron chi connectivity index (χ2n) is 5.53. The van der Waals surface area contributed by atoms with Crippen LogP contribution in [0.1, 0.15) is 11.1 Å². The number of methoxy groups -OCH3 is 1. The van der Waals surface area contributed by atoms with E-state index in [-0.39, 0.29) is 6.54 Å². The van der Waals surface area contributed by atoms with Gasteiger partial charge < -0.3 is 14.8 Å². The van der Waals surface area contributed by atoms with E-state index in [1.54, 1.807) is 49.7 Å². The van der Waals surface area contributed by atoms with Crippen LogP contribution in [0.4, 0.5) is 19.0 Å². The molecule has 1 N–H and O–H groups in total. The van der Waals surface area contributed by atoms with Gasteiger partial charge in [0.15, 0.2) is 0 Å². The number of hydrogen-bond donors (Lipinski definition) is 1. The Labute approximate surface area is 153 Å². The zero-order valence-electron chi connectivity index (χ0n) is 14.3. The van der Waals surface area contributed by atoms with E-state index >= 15 is 0 Å². The van der Waals surface area contributed by atoms with E-state index in [0.717, 1.165) is 17.8 Å². The minimum absolute atomic E-state index is 0.283. The third-order valence-electron chi connectivity index (χ3n) is 3.66. The van der Waals surface area contributed by atoms with E-state index in [9.17, 15) is 13.2 Å². The number of aromatic nitrogens is 2. The lowest BCUT2D eigenvalue weighted by atomic mass is 10.2. The van der Waals surface area contributed by atoms with Crippen LogP contribution in [0.2, 0.25) is 0 Å². The Balaban J connectivity index is 1.70. The maximum atomic E-state index is 12.6. The minimum Gasteiger partial charge on any atom is -0.497 e. The summed E-state index contributed by atoms with van der Waals surface area (Å²) in [6.07, 6.45) is -2.03. The average Bonchev–Trinajstić information content (AvgIpc) is 2.67. The van der Waals surface area contributed by atoms with Gasteiger partial charge in [-0.15, -0.1) is 0 Å². The van der Waals surface area contributed by atoms with Crippen molar-refractivity contribution in [1.29, 1.82) is 0 Å². The second kappa shape index (κ2) is 7.94. The number of anilines is 1. The Hall–Kier alpha value is -3.29. The van der Waals surface area contributed by atoms with E-state index in [0.29, 0.717) is 23.2 Å². The molecular formula is C19H16F3N3O2. The Morgan fingerprint density at radius 2 is 1.81 bits per heavy atom. The second-order valence-corrected chi connectivity index (χ2v) is 5.53. The summed E-state index contributed by atoms with van der Waals surface area (Å²) in [5.41, 5.74) is -0.0708. The highest BCUT2D eigenvalue weighted by molar-refractivity contribution is 5.41. The lowest BCUT2D eigenvalue weighted by molar-refractivity contribution is -0.137. The molecule has 0 aliphatic heterocycles. The molecule has 0 saturated carbocycles. The molecule has 0 spiro atoms. The Morgan fingerprint density at radius 3 is 2.52 bits per heavy atom. The van der Waals surface area contributed by atoms with Crippen molar-refractivity contribution in [3.8, 4) is 17.4 Å². The molecule has 0 unspecified atom stereocenters. The molecule has 0 radical (unpaired) electrons. The lowest BCUT2D eigenvalue weighted by Crippen LogP contribution is -2.07. The highest BCUT2D eigenvalue weighted by Gasteiger charge is 2.30. The third-order valence-corrected chi connectivity index (χ3v) is 3.66. The molecule has 0 atom stereocenters. The number of hydrogen-bond acceptors (Lipinski definition) is 5. The third kappa shape index (κ3) is 4.87. The topological polar surface area (TPSA) is 56.3 Å². The molecule has 1 aromatic carbocycles. The lowest BCUT2D eigenvalue weighted by Gasteiger charge is -2.12. The zero-order valence-corrected chi connectivity index (χ0v) is 14.3. The molecule has 2 heterocycles. The van der Waals surface area contributed by atoms with Crippen molar-refractivity contribution >= 4 is 5.82 Å². The molecule has 2 aromatic heterocycles. The first-order valence-corrected chi connectivity index (χ1v) is 7.98. The van der Waals surface area contributed by atoms with Gasteiger partial charge in [-0.05, 0) is 30.3 Å². The van der Waals surface area contributed by atoms with E-state index in [1.165, 1.54) is 6.07 Å². The van der Waals surface area contributed by atoms with Crippen LogP contribution in [0.3, 0.4) is 0 Å². The number of nitrogens with zero attached hydrogens (tertiary/aromatic N) is 2. The average molecular weight is 375 g/mol.